The number of amides is 1. The first-order chi connectivity index (χ1) is 15.8. The normalized spacial score (nSPS) is 13.3. The lowest BCUT2D eigenvalue weighted by Gasteiger charge is -2.32. The van der Waals surface area contributed by atoms with Crippen molar-refractivity contribution in [1.82, 2.24) is 10.3 Å². The second-order valence-corrected chi connectivity index (χ2v) is 10.1. The molecule has 8 heteroatoms. The van der Waals surface area contributed by atoms with Gasteiger partial charge in [-0.2, -0.15) is 0 Å². The largest absolute Gasteiger partial charge is 0.496 e. The Balaban J connectivity index is 1.44. The molecule has 0 saturated heterocycles. The summed E-state index contributed by atoms with van der Waals surface area (Å²) in [7, 11) is -1.61. The van der Waals surface area contributed by atoms with E-state index in [9.17, 15) is 13.2 Å². The third kappa shape index (κ3) is 5.34. The van der Waals surface area contributed by atoms with Crippen molar-refractivity contribution >= 4 is 21.4 Å². The molecule has 172 valence electrons. The van der Waals surface area contributed by atoms with Crippen LogP contribution in [0.4, 0.5) is 5.69 Å². The van der Waals surface area contributed by atoms with Crippen LogP contribution in [0.3, 0.4) is 0 Å². The van der Waals surface area contributed by atoms with Crippen LogP contribution in [0.25, 0.3) is 0 Å². The van der Waals surface area contributed by atoms with E-state index in [1.807, 2.05) is 36.4 Å². The molecule has 4 rings (SSSR count). The van der Waals surface area contributed by atoms with E-state index < -0.39 is 9.84 Å². The Labute approximate surface area is 194 Å². The van der Waals surface area contributed by atoms with E-state index in [-0.39, 0.29) is 17.3 Å². The number of hydrogen-bond donors (Lipinski definition) is 1. The number of fused-ring (bicyclic) bond motifs is 1. The number of methoxy groups -OCH3 is 1. The number of para-hydroxylation sites is 1. The Bertz CT molecular complexity index is 1260. The molecule has 1 aliphatic heterocycles. The highest BCUT2D eigenvalue weighted by Crippen LogP contribution is 2.31. The fourth-order valence-electron chi connectivity index (χ4n) is 4.03. The number of aromatic nitrogens is 1. The number of pyridine rings is 1. The van der Waals surface area contributed by atoms with Crippen molar-refractivity contribution in [2.75, 3.05) is 24.8 Å². The topological polar surface area (TPSA) is 88.6 Å². The first kappa shape index (κ1) is 22.8. The molecule has 2 aromatic carbocycles. The Morgan fingerprint density at radius 3 is 2.70 bits per heavy atom. The van der Waals surface area contributed by atoms with Gasteiger partial charge in [0.1, 0.15) is 5.75 Å². The molecule has 0 atom stereocenters. The van der Waals surface area contributed by atoms with E-state index in [2.05, 4.69) is 21.3 Å². The summed E-state index contributed by atoms with van der Waals surface area (Å²) >= 11 is 0. The average molecular weight is 466 g/mol. The number of carbonyl (C=O) groups excluding carboxylic acids is 1. The highest BCUT2D eigenvalue weighted by molar-refractivity contribution is 7.90. The van der Waals surface area contributed by atoms with Gasteiger partial charge in [-0.3, -0.25) is 9.78 Å². The minimum Gasteiger partial charge on any atom is -0.496 e. The zero-order valence-corrected chi connectivity index (χ0v) is 19.6. The molecule has 7 nitrogen and oxygen atoms in total. The minimum absolute atomic E-state index is 0.157. The predicted molar refractivity (Wildman–Crippen MR) is 127 cm³/mol. The molecule has 3 aromatic rings. The first-order valence-electron chi connectivity index (χ1n) is 10.8. The van der Waals surface area contributed by atoms with Gasteiger partial charge in [0.05, 0.1) is 24.2 Å². The molecule has 0 aliphatic carbocycles. The lowest BCUT2D eigenvalue weighted by molar-refractivity contribution is 0.0950. The number of carbonyl (C=O) groups is 1. The molecule has 1 aromatic heterocycles. The summed E-state index contributed by atoms with van der Waals surface area (Å²) in [5.74, 6) is 0.687. The fourth-order valence-corrected chi connectivity index (χ4v) is 4.59. The quantitative estimate of drug-likeness (QED) is 0.576. The summed E-state index contributed by atoms with van der Waals surface area (Å²) in [6.45, 7) is 1.92. The molecule has 0 bridgehead atoms. The van der Waals surface area contributed by atoms with E-state index in [0.717, 1.165) is 54.8 Å². The van der Waals surface area contributed by atoms with Crippen molar-refractivity contribution in [1.29, 1.82) is 0 Å². The lowest BCUT2D eigenvalue weighted by Crippen LogP contribution is -2.29. The maximum absolute atomic E-state index is 12.7. The molecule has 0 saturated carbocycles. The van der Waals surface area contributed by atoms with E-state index >= 15 is 0 Å². The number of nitrogens with one attached hydrogen (secondary N) is 1. The van der Waals surface area contributed by atoms with Crippen molar-refractivity contribution in [2.45, 2.75) is 30.8 Å². The second-order valence-electron chi connectivity index (χ2n) is 8.12. The molecule has 0 fully saturated rings. The van der Waals surface area contributed by atoms with Crippen molar-refractivity contribution in [2.24, 2.45) is 0 Å². The summed E-state index contributed by atoms with van der Waals surface area (Å²) in [6.07, 6.45) is 4.39. The van der Waals surface area contributed by atoms with E-state index in [1.165, 1.54) is 12.3 Å². The number of sulfone groups is 1. The minimum atomic E-state index is -3.29. The third-order valence-electron chi connectivity index (χ3n) is 5.77. The van der Waals surface area contributed by atoms with Crippen LogP contribution in [0.15, 0.2) is 65.7 Å². The lowest BCUT2D eigenvalue weighted by atomic mass is 9.98. The molecule has 2 heterocycles. The van der Waals surface area contributed by atoms with Gasteiger partial charge in [-0.05, 0) is 54.8 Å². The number of ether oxygens (including phenoxy) is 1. The standard InChI is InChI=1S/C25H27N3O4S/c1-32-24-8-4-3-6-20(24)17-28-13-5-7-18-14-19(9-12-23(18)28)25(29)27-15-21-10-11-22(16-26-21)33(2,30)31/h3-4,6,8-12,14,16H,5,7,13,15,17H2,1-2H3,(H,27,29). The van der Waals surface area contributed by atoms with Gasteiger partial charge in [-0.25, -0.2) is 8.42 Å². The van der Waals surface area contributed by atoms with Crippen LogP contribution in [-0.4, -0.2) is 39.2 Å². The molecule has 0 spiro atoms. The fraction of sp³-hybridized carbons (Fsp3) is 0.280. The van der Waals surface area contributed by atoms with Crippen LogP contribution in [-0.2, 0) is 29.3 Å². The SMILES string of the molecule is COc1ccccc1CN1CCCc2cc(C(=O)NCc3ccc(S(C)(=O)=O)cn3)ccc21. The Hall–Kier alpha value is -3.39. The molecular weight excluding hydrogens is 438 g/mol. The molecule has 33 heavy (non-hydrogen) atoms. The van der Waals surface area contributed by atoms with Crippen molar-refractivity contribution < 1.29 is 17.9 Å². The Morgan fingerprint density at radius 2 is 1.97 bits per heavy atom. The second kappa shape index (κ2) is 9.62. The molecule has 1 aliphatic rings. The highest BCUT2D eigenvalue weighted by Gasteiger charge is 2.20. The molecular formula is C25H27N3O4S. The smallest absolute Gasteiger partial charge is 0.251 e. The monoisotopic (exact) mass is 465 g/mol. The number of nitrogens with zero attached hydrogens (tertiary/aromatic N) is 2. The number of benzene rings is 2. The summed E-state index contributed by atoms with van der Waals surface area (Å²) < 4.78 is 28.6. The van der Waals surface area contributed by atoms with Gasteiger partial charge in [0, 0.05) is 42.4 Å². The van der Waals surface area contributed by atoms with Crippen LogP contribution in [0.1, 0.15) is 33.6 Å². The average Bonchev–Trinajstić information content (AvgIpc) is 2.82. The predicted octanol–water partition coefficient (Wildman–Crippen LogP) is 3.38. The van der Waals surface area contributed by atoms with Gasteiger partial charge in [-0.15, -0.1) is 0 Å². The van der Waals surface area contributed by atoms with E-state index in [4.69, 9.17) is 4.74 Å². The number of hydrogen-bond acceptors (Lipinski definition) is 6. The summed E-state index contributed by atoms with van der Waals surface area (Å²) in [4.78, 5) is 19.3. The van der Waals surface area contributed by atoms with Gasteiger partial charge < -0.3 is 15.0 Å². The van der Waals surface area contributed by atoms with Gasteiger partial charge in [0.25, 0.3) is 5.91 Å². The molecule has 1 amide bonds. The first-order valence-corrected chi connectivity index (χ1v) is 12.7. The number of anilines is 1. The van der Waals surface area contributed by atoms with Gasteiger partial charge >= 0.3 is 0 Å². The number of aryl methyl sites for hydroxylation is 1. The summed E-state index contributed by atoms with van der Waals surface area (Å²) in [5, 5.41) is 2.87. The van der Waals surface area contributed by atoms with Crippen LogP contribution < -0.4 is 15.0 Å². The van der Waals surface area contributed by atoms with Crippen molar-refractivity contribution in [3.63, 3.8) is 0 Å². The van der Waals surface area contributed by atoms with Crippen LogP contribution in [0, 0.1) is 0 Å². The Morgan fingerprint density at radius 1 is 1.15 bits per heavy atom. The van der Waals surface area contributed by atoms with Crippen LogP contribution in [0.5, 0.6) is 5.75 Å². The van der Waals surface area contributed by atoms with Crippen LogP contribution >= 0.6 is 0 Å². The van der Waals surface area contributed by atoms with E-state index in [0.29, 0.717) is 11.3 Å². The van der Waals surface area contributed by atoms with E-state index in [1.54, 1.807) is 13.2 Å². The highest BCUT2D eigenvalue weighted by atomic mass is 32.2. The summed E-state index contributed by atoms with van der Waals surface area (Å²) in [6, 6.07) is 16.9. The summed E-state index contributed by atoms with van der Waals surface area (Å²) in [5.41, 5.74) is 4.61. The van der Waals surface area contributed by atoms with Gasteiger partial charge in [-0.1, -0.05) is 18.2 Å². The zero-order chi connectivity index (χ0) is 23.4. The Kier molecular flexibility index (Phi) is 6.65. The zero-order valence-electron chi connectivity index (χ0n) is 18.7. The van der Waals surface area contributed by atoms with Gasteiger partial charge in [0.15, 0.2) is 9.84 Å². The maximum Gasteiger partial charge on any atom is 0.251 e. The van der Waals surface area contributed by atoms with Crippen LogP contribution in [0.2, 0.25) is 0 Å². The van der Waals surface area contributed by atoms with Gasteiger partial charge in [0.2, 0.25) is 0 Å². The van der Waals surface area contributed by atoms with Crippen molar-refractivity contribution in [3.8, 4) is 5.75 Å². The molecule has 0 unspecified atom stereocenters. The van der Waals surface area contributed by atoms with Crippen molar-refractivity contribution in [3.05, 3.63) is 83.2 Å². The molecule has 1 N–H and O–H groups in total. The number of rotatable bonds is 7. The maximum atomic E-state index is 12.7. The molecule has 0 radical (unpaired) electrons. The third-order valence-corrected chi connectivity index (χ3v) is 6.86.